The zero-order valence-corrected chi connectivity index (χ0v) is 12.4. The number of imidazole rings is 1. The monoisotopic (exact) mass is 295 g/mol. The number of ether oxygens (including phenoxy) is 2. The van der Waals surface area contributed by atoms with Crippen molar-refractivity contribution in [1.82, 2.24) is 9.97 Å². The first-order chi connectivity index (χ1) is 10.2. The van der Waals surface area contributed by atoms with Crippen LogP contribution in [0, 0.1) is 5.92 Å². The number of esters is 1. The third-order valence-electron chi connectivity index (χ3n) is 3.50. The van der Waals surface area contributed by atoms with E-state index in [1.54, 1.807) is 6.92 Å². The number of H-pyrrole nitrogens is 1. The van der Waals surface area contributed by atoms with Crippen LogP contribution in [0.4, 0.5) is 5.82 Å². The van der Waals surface area contributed by atoms with Gasteiger partial charge in [0.25, 0.3) is 0 Å². The van der Waals surface area contributed by atoms with Crippen LogP contribution in [-0.2, 0) is 20.9 Å². The Morgan fingerprint density at radius 2 is 2.10 bits per heavy atom. The van der Waals surface area contributed by atoms with Crippen LogP contribution >= 0.6 is 0 Å². The lowest BCUT2D eigenvalue weighted by Crippen LogP contribution is -2.21. The van der Waals surface area contributed by atoms with Gasteiger partial charge >= 0.3 is 5.97 Å². The van der Waals surface area contributed by atoms with Crippen LogP contribution in [0.5, 0.6) is 0 Å². The number of hydrogen-bond donors (Lipinski definition) is 2. The van der Waals surface area contributed by atoms with E-state index in [2.05, 4.69) is 15.3 Å². The largest absolute Gasteiger partial charge is 0.460 e. The van der Waals surface area contributed by atoms with E-state index in [0.717, 1.165) is 25.7 Å². The zero-order chi connectivity index (χ0) is 15.2. The molecule has 7 nitrogen and oxygen atoms in total. The van der Waals surface area contributed by atoms with Crippen LogP contribution in [0.1, 0.15) is 48.9 Å². The summed E-state index contributed by atoms with van der Waals surface area (Å²) < 4.78 is 9.95. The quantitative estimate of drug-likeness (QED) is 0.781. The summed E-state index contributed by atoms with van der Waals surface area (Å²) >= 11 is 0. The Labute approximate surface area is 123 Å². The van der Waals surface area contributed by atoms with Gasteiger partial charge in [-0.2, -0.15) is 0 Å². The Morgan fingerprint density at radius 1 is 1.38 bits per heavy atom. The second-order valence-electron chi connectivity index (χ2n) is 5.04. The van der Waals surface area contributed by atoms with E-state index in [1.165, 1.54) is 7.11 Å². The summed E-state index contributed by atoms with van der Waals surface area (Å²) in [6, 6.07) is 0. The van der Waals surface area contributed by atoms with Gasteiger partial charge in [0.1, 0.15) is 0 Å². The van der Waals surface area contributed by atoms with Gasteiger partial charge in [0, 0.05) is 13.0 Å². The SMILES string of the molecule is CCOC(=O)c1nc(NC(=O)C2CCCC2)c(COC)[nH]1. The highest BCUT2D eigenvalue weighted by Gasteiger charge is 2.25. The molecule has 1 saturated carbocycles. The number of methoxy groups -OCH3 is 1. The van der Waals surface area contributed by atoms with E-state index in [-0.39, 0.29) is 30.9 Å². The topological polar surface area (TPSA) is 93.3 Å². The summed E-state index contributed by atoms with van der Waals surface area (Å²) in [4.78, 5) is 30.8. The molecule has 1 aromatic rings. The fourth-order valence-corrected chi connectivity index (χ4v) is 2.46. The predicted molar refractivity (Wildman–Crippen MR) is 75.8 cm³/mol. The number of aromatic nitrogens is 2. The molecule has 0 atom stereocenters. The molecular weight excluding hydrogens is 274 g/mol. The van der Waals surface area contributed by atoms with Crippen molar-refractivity contribution < 1.29 is 19.1 Å². The first kappa shape index (κ1) is 15.5. The van der Waals surface area contributed by atoms with Crippen molar-refractivity contribution in [3.8, 4) is 0 Å². The van der Waals surface area contributed by atoms with Crippen LogP contribution in [0.15, 0.2) is 0 Å². The van der Waals surface area contributed by atoms with Crippen molar-refractivity contribution in [1.29, 1.82) is 0 Å². The van der Waals surface area contributed by atoms with Crippen LogP contribution in [0.25, 0.3) is 0 Å². The molecule has 1 aliphatic rings. The molecule has 0 unspecified atom stereocenters. The van der Waals surface area contributed by atoms with Crippen molar-refractivity contribution in [2.75, 3.05) is 19.0 Å². The van der Waals surface area contributed by atoms with E-state index < -0.39 is 5.97 Å². The number of nitrogens with one attached hydrogen (secondary N) is 2. The maximum atomic E-state index is 12.2. The number of nitrogens with zero attached hydrogens (tertiary/aromatic N) is 1. The molecule has 116 valence electrons. The molecule has 1 aromatic heterocycles. The van der Waals surface area contributed by atoms with Crippen molar-refractivity contribution in [3.05, 3.63) is 11.5 Å². The molecule has 0 aromatic carbocycles. The minimum absolute atomic E-state index is 0.0307. The van der Waals surface area contributed by atoms with E-state index >= 15 is 0 Å². The smallest absolute Gasteiger partial charge is 0.374 e. The highest BCUT2D eigenvalue weighted by molar-refractivity contribution is 5.93. The molecule has 1 amide bonds. The summed E-state index contributed by atoms with van der Waals surface area (Å²) in [5.41, 5.74) is 0.562. The number of anilines is 1. The van der Waals surface area contributed by atoms with Crippen molar-refractivity contribution in [2.24, 2.45) is 5.92 Å². The second-order valence-corrected chi connectivity index (χ2v) is 5.04. The van der Waals surface area contributed by atoms with E-state index in [0.29, 0.717) is 11.5 Å². The minimum Gasteiger partial charge on any atom is -0.460 e. The Kier molecular flexibility index (Phi) is 5.32. The summed E-state index contributed by atoms with van der Waals surface area (Å²) in [5, 5.41) is 2.79. The highest BCUT2D eigenvalue weighted by atomic mass is 16.5. The van der Waals surface area contributed by atoms with Crippen molar-refractivity contribution >= 4 is 17.7 Å². The number of carbonyl (C=O) groups is 2. The number of rotatable bonds is 6. The first-order valence-electron chi connectivity index (χ1n) is 7.21. The number of carbonyl (C=O) groups excluding carboxylic acids is 2. The van der Waals surface area contributed by atoms with Gasteiger partial charge in [-0.1, -0.05) is 12.8 Å². The molecule has 0 saturated heterocycles. The summed E-state index contributed by atoms with van der Waals surface area (Å²) in [5.74, 6) is -0.145. The maximum Gasteiger partial charge on any atom is 0.374 e. The van der Waals surface area contributed by atoms with Gasteiger partial charge in [-0.3, -0.25) is 4.79 Å². The Hall–Kier alpha value is -1.89. The molecule has 0 aliphatic heterocycles. The van der Waals surface area contributed by atoms with E-state index in [1.807, 2.05) is 0 Å². The third-order valence-corrected chi connectivity index (χ3v) is 3.50. The fraction of sp³-hybridized carbons (Fsp3) is 0.643. The first-order valence-corrected chi connectivity index (χ1v) is 7.21. The third kappa shape index (κ3) is 3.81. The highest BCUT2D eigenvalue weighted by Crippen LogP contribution is 2.26. The molecule has 7 heteroatoms. The van der Waals surface area contributed by atoms with Crippen LogP contribution < -0.4 is 5.32 Å². The van der Waals surface area contributed by atoms with Crippen LogP contribution in [0.3, 0.4) is 0 Å². The number of hydrogen-bond acceptors (Lipinski definition) is 5. The average molecular weight is 295 g/mol. The summed E-state index contributed by atoms with van der Waals surface area (Å²) in [7, 11) is 1.54. The van der Waals surface area contributed by atoms with Gasteiger partial charge in [-0.15, -0.1) is 0 Å². The van der Waals surface area contributed by atoms with Crippen molar-refractivity contribution in [3.63, 3.8) is 0 Å². The van der Waals surface area contributed by atoms with Gasteiger partial charge in [0.05, 0.1) is 18.9 Å². The molecule has 2 N–H and O–H groups in total. The van der Waals surface area contributed by atoms with Gasteiger partial charge in [-0.25, -0.2) is 9.78 Å². The second kappa shape index (κ2) is 7.21. The fourth-order valence-electron chi connectivity index (χ4n) is 2.46. The molecule has 1 fully saturated rings. The molecule has 1 aliphatic carbocycles. The lowest BCUT2D eigenvalue weighted by Gasteiger charge is -2.09. The average Bonchev–Trinajstić information content (AvgIpc) is 3.10. The van der Waals surface area contributed by atoms with Crippen molar-refractivity contribution in [2.45, 2.75) is 39.2 Å². The summed E-state index contributed by atoms with van der Waals surface area (Å²) in [6.07, 6.45) is 3.97. The number of aromatic amines is 1. The Bertz CT molecular complexity index is 506. The van der Waals surface area contributed by atoms with E-state index in [9.17, 15) is 9.59 Å². The molecular formula is C14H21N3O4. The maximum absolute atomic E-state index is 12.2. The Morgan fingerprint density at radius 3 is 2.71 bits per heavy atom. The lowest BCUT2D eigenvalue weighted by atomic mass is 10.1. The molecule has 0 radical (unpaired) electrons. The molecule has 0 spiro atoms. The Balaban J connectivity index is 2.12. The van der Waals surface area contributed by atoms with Gasteiger partial charge in [0.15, 0.2) is 5.82 Å². The zero-order valence-electron chi connectivity index (χ0n) is 12.4. The molecule has 21 heavy (non-hydrogen) atoms. The molecule has 0 bridgehead atoms. The standard InChI is InChI=1S/C14H21N3O4/c1-3-21-14(19)12-15-10(8-20-2)11(16-12)17-13(18)9-6-4-5-7-9/h9H,3-8H2,1-2H3,(H,15,16)(H,17,18). The minimum atomic E-state index is -0.545. The lowest BCUT2D eigenvalue weighted by molar-refractivity contribution is -0.119. The molecule has 2 rings (SSSR count). The van der Waals surface area contributed by atoms with Gasteiger partial charge in [-0.05, 0) is 19.8 Å². The van der Waals surface area contributed by atoms with E-state index in [4.69, 9.17) is 9.47 Å². The van der Waals surface area contributed by atoms with Crippen LogP contribution in [0.2, 0.25) is 0 Å². The molecule has 1 heterocycles. The van der Waals surface area contributed by atoms with Gasteiger partial charge < -0.3 is 19.8 Å². The van der Waals surface area contributed by atoms with Gasteiger partial charge in [0.2, 0.25) is 11.7 Å². The predicted octanol–water partition coefficient (Wildman–Crippen LogP) is 1.86. The normalized spacial score (nSPS) is 15.1. The summed E-state index contributed by atoms with van der Waals surface area (Å²) in [6.45, 7) is 2.22. The number of amides is 1. The van der Waals surface area contributed by atoms with Crippen LogP contribution in [-0.4, -0.2) is 35.6 Å².